The molecule has 8 heteroatoms. The molecular weight excluding hydrogens is 421 g/mol. The molecule has 2 rings (SSSR count). The van der Waals surface area contributed by atoms with Crippen molar-refractivity contribution in [1.29, 1.82) is 0 Å². The van der Waals surface area contributed by atoms with E-state index >= 15 is 0 Å². The van der Waals surface area contributed by atoms with E-state index in [1.807, 2.05) is 6.07 Å². The summed E-state index contributed by atoms with van der Waals surface area (Å²) in [5.74, 6) is 0.138. The monoisotopic (exact) mass is 441 g/mol. The van der Waals surface area contributed by atoms with E-state index in [0.29, 0.717) is 18.1 Å². The molecule has 2 aromatic rings. The van der Waals surface area contributed by atoms with E-state index in [-0.39, 0.29) is 23.0 Å². The number of rotatable bonds is 6. The molecule has 0 atom stereocenters. The van der Waals surface area contributed by atoms with Crippen molar-refractivity contribution in [3.63, 3.8) is 0 Å². The molecule has 0 aliphatic rings. The number of guanidine groups is 1. The SMILES string of the molecule is CN=C(NCCS(=O)(=O)c1ccc(Br)cc1)NCc1ccc(C)c(F)c1. The number of nitrogens with zero attached hydrogens (tertiary/aromatic N) is 1. The lowest BCUT2D eigenvalue weighted by Gasteiger charge is -2.12. The second-order valence-electron chi connectivity index (χ2n) is 5.71. The molecule has 0 bridgehead atoms. The van der Waals surface area contributed by atoms with Crippen LogP contribution in [0.2, 0.25) is 0 Å². The number of benzene rings is 2. The molecule has 0 unspecified atom stereocenters. The van der Waals surface area contributed by atoms with Gasteiger partial charge >= 0.3 is 0 Å². The van der Waals surface area contributed by atoms with Gasteiger partial charge in [0.25, 0.3) is 0 Å². The molecule has 0 aliphatic heterocycles. The zero-order chi connectivity index (χ0) is 19.2. The molecule has 0 saturated heterocycles. The first-order valence-electron chi connectivity index (χ1n) is 7.99. The maximum absolute atomic E-state index is 13.6. The van der Waals surface area contributed by atoms with Crippen molar-refractivity contribution < 1.29 is 12.8 Å². The van der Waals surface area contributed by atoms with Crippen molar-refractivity contribution in [2.24, 2.45) is 4.99 Å². The van der Waals surface area contributed by atoms with E-state index in [1.54, 1.807) is 44.3 Å². The van der Waals surface area contributed by atoms with Gasteiger partial charge in [0, 0.05) is 24.6 Å². The fourth-order valence-corrected chi connectivity index (χ4v) is 3.64. The lowest BCUT2D eigenvalue weighted by atomic mass is 10.1. The summed E-state index contributed by atoms with van der Waals surface area (Å²) >= 11 is 3.28. The molecule has 0 heterocycles. The van der Waals surface area contributed by atoms with Gasteiger partial charge in [0.1, 0.15) is 5.82 Å². The highest BCUT2D eigenvalue weighted by atomic mass is 79.9. The van der Waals surface area contributed by atoms with Gasteiger partial charge in [0.2, 0.25) is 0 Å². The largest absolute Gasteiger partial charge is 0.355 e. The van der Waals surface area contributed by atoms with Crippen molar-refractivity contribution in [2.75, 3.05) is 19.3 Å². The number of hydrogen-bond acceptors (Lipinski definition) is 3. The summed E-state index contributed by atoms with van der Waals surface area (Å²) in [6.07, 6.45) is 0. The van der Waals surface area contributed by atoms with Gasteiger partial charge in [-0.05, 0) is 48.4 Å². The van der Waals surface area contributed by atoms with Gasteiger partial charge in [-0.1, -0.05) is 28.1 Å². The zero-order valence-electron chi connectivity index (χ0n) is 14.6. The molecule has 140 valence electrons. The van der Waals surface area contributed by atoms with Gasteiger partial charge in [0.05, 0.1) is 10.6 Å². The Morgan fingerprint density at radius 2 is 1.85 bits per heavy atom. The summed E-state index contributed by atoms with van der Waals surface area (Å²) in [5, 5.41) is 6.00. The van der Waals surface area contributed by atoms with E-state index in [4.69, 9.17) is 0 Å². The summed E-state index contributed by atoms with van der Waals surface area (Å²) in [5.41, 5.74) is 1.37. The molecule has 0 fully saturated rings. The standard InChI is InChI=1S/C18H21BrFN3O2S/c1-13-3-4-14(11-17(13)20)12-23-18(21-2)22-9-10-26(24,25)16-7-5-15(19)6-8-16/h3-8,11H,9-10,12H2,1-2H3,(H2,21,22,23). The minimum atomic E-state index is -3.37. The highest BCUT2D eigenvalue weighted by Crippen LogP contribution is 2.15. The van der Waals surface area contributed by atoms with Crippen LogP contribution in [0, 0.1) is 12.7 Å². The number of halogens is 2. The van der Waals surface area contributed by atoms with Crippen LogP contribution >= 0.6 is 15.9 Å². The van der Waals surface area contributed by atoms with Crippen molar-refractivity contribution in [2.45, 2.75) is 18.4 Å². The maximum Gasteiger partial charge on any atom is 0.191 e. The molecule has 0 spiro atoms. The molecule has 0 amide bonds. The van der Waals surface area contributed by atoms with Crippen LogP contribution in [0.1, 0.15) is 11.1 Å². The summed E-state index contributed by atoms with van der Waals surface area (Å²) in [7, 11) is -1.78. The quantitative estimate of drug-likeness (QED) is 0.533. The Balaban J connectivity index is 1.86. The third-order valence-electron chi connectivity index (χ3n) is 3.76. The first-order chi connectivity index (χ1) is 12.3. The summed E-state index contributed by atoms with van der Waals surface area (Å²) in [4.78, 5) is 4.32. The van der Waals surface area contributed by atoms with Crippen LogP contribution in [0.25, 0.3) is 0 Å². The molecule has 2 aromatic carbocycles. The lowest BCUT2D eigenvalue weighted by molar-refractivity contribution is 0.594. The van der Waals surface area contributed by atoms with Crippen molar-refractivity contribution >= 4 is 31.7 Å². The van der Waals surface area contributed by atoms with E-state index in [2.05, 4.69) is 31.6 Å². The van der Waals surface area contributed by atoms with Crippen LogP contribution < -0.4 is 10.6 Å². The molecule has 0 radical (unpaired) electrons. The van der Waals surface area contributed by atoms with Gasteiger partial charge in [-0.3, -0.25) is 4.99 Å². The average molecular weight is 442 g/mol. The molecule has 0 saturated carbocycles. The minimum Gasteiger partial charge on any atom is -0.355 e. The third-order valence-corrected chi connectivity index (χ3v) is 6.02. The lowest BCUT2D eigenvalue weighted by Crippen LogP contribution is -2.39. The van der Waals surface area contributed by atoms with E-state index in [1.165, 1.54) is 6.07 Å². The Bertz CT molecular complexity index is 884. The molecule has 2 N–H and O–H groups in total. The summed E-state index contributed by atoms with van der Waals surface area (Å²) in [6, 6.07) is 11.5. The highest BCUT2D eigenvalue weighted by Gasteiger charge is 2.14. The normalized spacial score (nSPS) is 12.1. The van der Waals surface area contributed by atoms with Crippen molar-refractivity contribution in [1.82, 2.24) is 10.6 Å². The molecule has 0 aromatic heterocycles. The predicted molar refractivity (Wildman–Crippen MR) is 106 cm³/mol. The van der Waals surface area contributed by atoms with Crippen molar-refractivity contribution in [3.05, 3.63) is 63.9 Å². The number of nitrogens with one attached hydrogen (secondary N) is 2. The Labute approximate surface area is 161 Å². The average Bonchev–Trinajstić information content (AvgIpc) is 2.61. The predicted octanol–water partition coefficient (Wildman–Crippen LogP) is 3.04. The Kier molecular flexibility index (Phi) is 7.16. The number of aryl methyl sites for hydroxylation is 1. The second kappa shape index (κ2) is 9.14. The van der Waals surface area contributed by atoms with Crippen LogP contribution in [0.3, 0.4) is 0 Å². The Morgan fingerprint density at radius 1 is 1.15 bits per heavy atom. The Morgan fingerprint density at radius 3 is 2.46 bits per heavy atom. The molecule has 26 heavy (non-hydrogen) atoms. The van der Waals surface area contributed by atoms with Crippen LogP contribution in [0.4, 0.5) is 4.39 Å². The second-order valence-corrected chi connectivity index (χ2v) is 8.73. The van der Waals surface area contributed by atoms with Gasteiger partial charge in [0.15, 0.2) is 15.8 Å². The fraction of sp³-hybridized carbons (Fsp3) is 0.278. The molecular formula is C18H21BrFN3O2S. The van der Waals surface area contributed by atoms with Gasteiger partial charge in [-0.25, -0.2) is 12.8 Å². The number of sulfone groups is 1. The molecule has 5 nitrogen and oxygen atoms in total. The van der Waals surface area contributed by atoms with Crippen LogP contribution in [0.5, 0.6) is 0 Å². The van der Waals surface area contributed by atoms with E-state index < -0.39 is 9.84 Å². The summed E-state index contributed by atoms with van der Waals surface area (Å²) < 4.78 is 39.0. The summed E-state index contributed by atoms with van der Waals surface area (Å²) in [6.45, 7) is 2.30. The van der Waals surface area contributed by atoms with Gasteiger partial charge < -0.3 is 10.6 Å². The van der Waals surface area contributed by atoms with E-state index in [9.17, 15) is 12.8 Å². The van der Waals surface area contributed by atoms with Gasteiger partial charge in [-0.15, -0.1) is 0 Å². The number of aliphatic imine (C=N–C) groups is 1. The fourth-order valence-electron chi connectivity index (χ4n) is 2.22. The smallest absolute Gasteiger partial charge is 0.191 e. The third kappa shape index (κ3) is 5.81. The highest BCUT2D eigenvalue weighted by molar-refractivity contribution is 9.10. The zero-order valence-corrected chi connectivity index (χ0v) is 17.0. The topological polar surface area (TPSA) is 70.6 Å². The van der Waals surface area contributed by atoms with E-state index in [0.717, 1.165) is 10.0 Å². The Hall–Kier alpha value is -1.93. The van der Waals surface area contributed by atoms with Gasteiger partial charge in [-0.2, -0.15) is 0 Å². The minimum absolute atomic E-state index is 0.0610. The first kappa shape index (κ1) is 20.4. The van der Waals surface area contributed by atoms with Crippen LogP contribution in [-0.2, 0) is 16.4 Å². The first-order valence-corrected chi connectivity index (χ1v) is 10.4. The van der Waals surface area contributed by atoms with Crippen LogP contribution in [-0.4, -0.2) is 33.7 Å². The maximum atomic E-state index is 13.6. The molecule has 0 aliphatic carbocycles. The van der Waals surface area contributed by atoms with Crippen molar-refractivity contribution in [3.8, 4) is 0 Å². The van der Waals surface area contributed by atoms with Crippen LogP contribution in [0.15, 0.2) is 56.8 Å². The number of hydrogen-bond donors (Lipinski definition) is 2.